The zero-order valence-corrected chi connectivity index (χ0v) is 17.0. The molecule has 0 bridgehead atoms. The van der Waals surface area contributed by atoms with E-state index in [-0.39, 0.29) is 10.5 Å². The van der Waals surface area contributed by atoms with E-state index in [1.807, 2.05) is 6.07 Å². The van der Waals surface area contributed by atoms with E-state index < -0.39 is 0 Å². The van der Waals surface area contributed by atoms with Gasteiger partial charge in [0.2, 0.25) is 0 Å². The second-order valence-corrected chi connectivity index (χ2v) is 8.87. The lowest BCUT2D eigenvalue weighted by Gasteiger charge is -2.19. The molecule has 0 saturated heterocycles. The highest BCUT2D eigenvalue weighted by atomic mass is 32.1. The van der Waals surface area contributed by atoms with Crippen molar-refractivity contribution in [1.29, 1.82) is 0 Å². The molecule has 0 fully saturated rings. The Kier molecular flexibility index (Phi) is 4.51. The maximum atomic E-state index is 12.0. The zero-order chi connectivity index (χ0) is 19.2. The molecule has 1 aromatic heterocycles. The van der Waals surface area contributed by atoms with Crippen molar-refractivity contribution in [3.63, 3.8) is 0 Å². The van der Waals surface area contributed by atoms with E-state index in [2.05, 4.69) is 86.5 Å². The van der Waals surface area contributed by atoms with Crippen LogP contribution in [0.3, 0.4) is 0 Å². The van der Waals surface area contributed by atoms with Gasteiger partial charge in [-0.1, -0.05) is 74.0 Å². The minimum Gasteiger partial charge on any atom is -0.346 e. The number of thiol groups is 1. The van der Waals surface area contributed by atoms with Crippen LogP contribution < -0.4 is 0 Å². The predicted octanol–water partition coefficient (Wildman–Crippen LogP) is 5.71. The summed E-state index contributed by atoms with van der Waals surface area (Å²) in [4.78, 5) is 12.0. The van der Waals surface area contributed by atoms with E-state index in [1.54, 1.807) is 0 Å². The number of nitrogens with zero attached hydrogens (tertiary/aromatic N) is 1. The van der Waals surface area contributed by atoms with Crippen LogP contribution in [0.5, 0.6) is 0 Å². The molecule has 3 heteroatoms. The minimum atomic E-state index is -0.0898. The first-order valence-electron chi connectivity index (χ1n) is 9.44. The van der Waals surface area contributed by atoms with Gasteiger partial charge in [0, 0.05) is 29.1 Å². The highest BCUT2D eigenvalue weighted by Gasteiger charge is 2.36. The zero-order valence-electron chi connectivity index (χ0n) is 16.1. The van der Waals surface area contributed by atoms with Crippen molar-refractivity contribution in [2.45, 2.75) is 40.2 Å². The van der Waals surface area contributed by atoms with E-state index in [0.717, 1.165) is 18.7 Å². The second-order valence-electron chi connectivity index (χ2n) is 8.37. The Bertz CT molecular complexity index is 997. The molecule has 2 nitrogen and oxygen atoms in total. The molecule has 0 atom stereocenters. The SMILES string of the molecule is Cc1ccc(-c2c(-c3ccccc3)c3n(c2CC(=O)S)CC(C)(C)C3)cc1. The van der Waals surface area contributed by atoms with E-state index in [1.165, 1.54) is 33.5 Å². The van der Waals surface area contributed by atoms with Gasteiger partial charge >= 0.3 is 0 Å². The van der Waals surface area contributed by atoms with E-state index in [4.69, 9.17) is 0 Å². The minimum absolute atomic E-state index is 0.0898. The third kappa shape index (κ3) is 3.37. The summed E-state index contributed by atoms with van der Waals surface area (Å²) in [7, 11) is 0. The number of hydrogen-bond acceptors (Lipinski definition) is 1. The van der Waals surface area contributed by atoms with Crippen molar-refractivity contribution in [3.8, 4) is 22.3 Å². The van der Waals surface area contributed by atoms with Crippen molar-refractivity contribution >= 4 is 17.7 Å². The number of fused-ring (bicyclic) bond motifs is 1. The molecule has 0 radical (unpaired) electrons. The van der Waals surface area contributed by atoms with Crippen LogP contribution in [-0.4, -0.2) is 9.68 Å². The quantitative estimate of drug-likeness (QED) is 0.580. The van der Waals surface area contributed by atoms with Gasteiger partial charge < -0.3 is 4.57 Å². The largest absolute Gasteiger partial charge is 0.346 e. The van der Waals surface area contributed by atoms with Gasteiger partial charge in [-0.2, -0.15) is 0 Å². The third-order valence-corrected chi connectivity index (χ3v) is 5.59. The number of carbonyl (C=O) groups is 1. The summed E-state index contributed by atoms with van der Waals surface area (Å²) < 4.78 is 2.38. The topological polar surface area (TPSA) is 22.0 Å². The molecule has 0 saturated carbocycles. The fourth-order valence-corrected chi connectivity index (χ4v) is 4.46. The number of aryl methyl sites for hydroxylation is 1. The van der Waals surface area contributed by atoms with E-state index >= 15 is 0 Å². The summed E-state index contributed by atoms with van der Waals surface area (Å²) >= 11 is 4.11. The molecule has 138 valence electrons. The maximum Gasteiger partial charge on any atom is 0.191 e. The van der Waals surface area contributed by atoms with Crippen LogP contribution in [0.2, 0.25) is 0 Å². The Hall–Kier alpha value is -2.26. The van der Waals surface area contributed by atoms with E-state index in [9.17, 15) is 4.79 Å². The molecule has 27 heavy (non-hydrogen) atoms. The van der Waals surface area contributed by atoms with Gasteiger partial charge in [-0.15, -0.1) is 12.6 Å². The van der Waals surface area contributed by atoms with Crippen molar-refractivity contribution in [1.82, 2.24) is 4.57 Å². The lowest BCUT2D eigenvalue weighted by Crippen LogP contribution is -2.15. The van der Waals surface area contributed by atoms with Crippen LogP contribution in [0, 0.1) is 12.3 Å². The summed E-state index contributed by atoms with van der Waals surface area (Å²) in [6, 6.07) is 19.2. The molecule has 1 aliphatic heterocycles. The number of benzene rings is 2. The highest BCUT2D eigenvalue weighted by Crippen LogP contribution is 2.47. The average Bonchev–Trinajstić information content (AvgIpc) is 3.07. The fourth-order valence-electron chi connectivity index (χ4n) is 4.31. The lowest BCUT2D eigenvalue weighted by molar-refractivity contribution is -0.110. The van der Waals surface area contributed by atoms with Crippen LogP contribution in [0.15, 0.2) is 54.6 Å². The normalized spacial score (nSPS) is 15.0. The molecule has 0 unspecified atom stereocenters. The van der Waals surface area contributed by atoms with Gasteiger partial charge in [-0.25, -0.2) is 0 Å². The summed E-state index contributed by atoms with van der Waals surface area (Å²) in [5.41, 5.74) is 8.71. The van der Waals surface area contributed by atoms with Gasteiger partial charge in [-0.05, 0) is 29.9 Å². The fraction of sp³-hybridized carbons (Fsp3) is 0.292. The van der Waals surface area contributed by atoms with Crippen LogP contribution >= 0.6 is 12.6 Å². The first-order valence-corrected chi connectivity index (χ1v) is 9.89. The Morgan fingerprint density at radius 1 is 1.00 bits per heavy atom. The maximum absolute atomic E-state index is 12.0. The lowest BCUT2D eigenvalue weighted by atomic mass is 9.86. The first kappa shape index (κ1) is 18.1. The standard InChI is InChI=1S/C24H25NOS/c1-16-9-11-18(12-10-16)22-19(13-21(26)27)25-15-24(2,3)14-20(25)23(22)17-7-5-4-6-8-17/h4-12H,13-15H2,1-3H3,(H,26,27). The number of aromatic nitrogens is 1. The summed E-state index contributed by atoms with van der Waals surface area (Å²) in [5.74, 6) is 0. The first-order chi connectivity index (χ1) is 12.9. The predicted molar refractivity (Wildman–Crippen MR) is 115 cm³/mol. The van der Waals surface area contributed by atoms with Gasteiger partial charge in [0.15, 0.2) is 5.12 Å². The molecule has 1 aliphatic rings. The van der Waals surface area contributed by atoms with E-state index in [0.29, 0.717) is 6.42 Å². The Morgan fingerprint density at radius 2 is 1.63 bits per heavy atom. The number of rotatable bonds is 4. The molecule has 2 heterocycles. The molecule has 0 N–H and O–H groups in total. The van der Waals surface area contributed by atoms with Gasteiger partial charge in [0.25, 0.3) is 0 Å². The van der Waals surface area contributed by atoms with Crippen molar-refractivity contribution in [3.05, 3.63) is 71.5 Å². The molecule has 0 amide bonds. The number of carbonyl (C=O) groups excluding carboxylic acids is 1. The Labute approximate surface area is 166 Å². The molecular formula is C24H25NOS. The number of hydrogen-bond donors (Lipinski definition) is 1. The second kappa shape index (κ2) is 6.72. The van der Waals surface area contributed by atoms with Crippen LogP contribution in [0.25, 0.3) is 22.3 Å². The summed E-state index contributed by atoms with van der Waals surface area (Å²) in [5, 5.41) is -0.0898. The molecule has 0 spiro atoms. The molecule has 0 aliphatic carbocycles. The Morgan fingerprint density at radius 3 is 2.26 bits per heavy atom. The highest BCUT2D eigenvalue weighted by molar-refractivity contribution is 7.96. The molecule has 4 rings (SSSR count). The van der Waals surface area contributed by atoms with Crippen LogP contribution in [0.1, 0.15) is 30.8 Å². The smallest absolute Gasteiger partial charge is 0.191 e. The average molecular weight is 376 g/mol. The summed E-state index contributed by atoms with van der Waals surface area (Å²) in [6.07, 6.45) is 1.36. The van der Waals surface area contributed by atoms with Gasteiger partial charge in [0.1, 0.15) is 0 Å². The van der Waals surface area contributed by atoms with Gasteiger partial charge in [0.05, 0.1) is 6.42 Å². The third-order valence-electron chi connectivity index (χ3n) is 5.43. The monoisotopic (exact) mass is 375 g/mol. The van der Waals surface area contributed by atoms with Crippen molar-refractivity contribution in [2.75, 3.05) is 0 Å². The van der Waals surface area contributed by atoms with Gasteiger partial charge in [-0.3, -0.25) is 4.79 Å². The molecule has 2 aromatic carbocycles. The summed E-state index contributed by atoms with van der Waals surface area (Å²) in [6.45, 7) is 7.63. The molecule has 3 aromatic rings. The van der Waals surface area contributed by atoms with Crippen molar-refractivity contribution in [2.24, 2.45) is 5.41 Å². The molecular weight excluding hydrogens is 350 g/mol. The van der Waals surface area contributed by atoms with Crippen LogP contribution in [-0.2, 0) is 24.2 Å². The van der Waals surface area contributed by atoms with Crippen molar-refractivity contribution < 1.29 is 4.79 Å². The van der Waals surface area contributed by atoms with Crippen LogP contribution in [0.4, 0.5) is 0 Å². The Balaban J connectivity index is 2.03.